The largest absolute Gasteiger partial charge is 0.481 e. The molecular formula is C16H18N4O4. The van der Waals surface area contributed by atoms with Crippen LogP contribution < -0.4 is 0 Å². The zero-order valence-corrected chi connectivity index (χ0v) is 13.3. The second-order valence-corrected chi connectivity index (χ2v) is 5.89. The predicted octanol–water partition coefficient (Wildman–Crippen LogP) is 0.831. The highest BCUT2D eigenvalue weighted by molar-refractivity contribution is 5.95. The number of hydrogen-bond acceptors (Lipinski definition) is 5. The van der Waals surface area contributed by atoms with Crippen LogP contribution in [0.4, 0.5) is 0 Å². The Morgan fingerprint density at radius 2 is 2.25 bits per heavy atom. The number of carboxylic acids is 1. The Kier molecular flexibility index (Phi) is 4.30. The third-order valence-electron chi connectivity index (χ3n) is 4.30. The average molecular weight is 330 g/mol. The number of carbonyl (C=O) groups is 2. The molecule has 3 rings (SSSR count). The number of rotatable bonds is 5. The van der Waals surface area contributed by atoms with Crippen molar-refractivity contribution in [2.45, 2.75) is 6.42 Å². The number of carbonyl (C=O) groups excluding carboxylic acids is 1. The zero-order chi connectivity index (χ0) is 17.2. The number of ether oxygens (including phenoxy) is 1. The highest BCUT2D eigenvalue weighted by Gasteiger charge is 2.46. The van der Waals surface area contributed by atoms with Crippen molar-refractivity contribution < 1.29 is 19.4 Å². The van der Waals surface area contributed by atoms with E-state index in [1.54, 1.807) is 40.2 Å². The summed E-state index contributed by atoms with van der Waals surface area (Å²) in [6.45, 7) is 0.621. The molecule has 8 heteroatoms. The predicted molar refractivity (Wildman–Crippen MR) is 83.8 cm³/mol. The molecule has 1 amide bonds. The summed E-state index contributed by atoms with van der Waals surface area (Å²) in [5.41, 5.74) is 0.175. The van der Waals surface area contributed by atoms with Crippen LogP contribution in [0.1, 0.15) is 16.8 Å². The first-order valence-corrected chi connectivity index (χ1v) is 7.54. The van der Waals surface area contributed by atoms with Gasteiger partial charge in [-0.25, -0.2) is 4.68 Å². The first-order valence-electron chi connectivity index (χ1n) is 7.54. The van der Waals surface area contributed by atoms with Crippen LogP contribution in [-0.4, -0.2) is 63.7 Å². The topological polar surface area (TPSA) is 97.6 Å². The minimum absolute atomic E-state index is 0.0884. The lowest BCUT2D eigenvalue weighted by molar-refractivity contribution is -0.151. The van der Waals surface area contributed by atoms with Gasteiger partial charge in [-0.3, -0.25) is 9.59 Å². The Morgan fingerprint density at radius 3 is 2.92 bits per heavy atom. The van der Waals surface area contributed by atoms with Crippen molar-refractivity contribution in [3.63, 3.8) is 0 Å². The lowest BCUT2D eigenvalue weighted by atomic mass is 9.88. The third-order valence-corrected chi connectivity index (χ3v) is 4.30. The lowest BCUT2D eigenvalue weighted by Crippen LogP contribution is -2.40. The zero-order valence-electron chi connectivity index (χ0n) is 13.3. The van der Waals surface area contributed by atoms with Gasteiger partial charge in [0, 0.05) is 25.8 Å². The van der Waals surface area contributed by atoms with Crippen molar-refractivity contribution in [3.8, 4) is 5.69 Å². The summed E-state index contributed by atoms with van der Waals surface area (Å²) in [5, 5.41) is 17.1. The van der Waals surface area contributed by atoms with Crippen molar-refractivity contribution in [1.82, 2.24) is 19.9 Å². The smallest absolute Gasteiger partial charge is 0.313 e. The van der Waals surface area contributed by atoms with Crippen LogP contribution in [0.15, 0.2) is 36.7 Å². The molecule has 0 saturated carbocycles. The van der Waals surface area contributed by atoms with E-state index in [-0.39, 0.29) is 19.1 Å². The van der Waals surface area contributed by atoms with Gasteiger partial charge in [0.05, 0.1) is 24.7 Å². The van der Waals surface area contributed by atoms with Gasteiger partial charge in [0.2, 0.25) is 0 Å². The second-order valence-electron chi connectivity index (χ2n) is 5.89. The quantitative estimate of drug-likeness (QED) is 0.872. The molecule has 24 heavy (non-hydrogen) atoms. The Labute approximate surface area is 138 Å². The monoisotopic (exact) mass is 330 g/mol. The number of benzene rings is 1. The summed E-state index contributed by atoms with van der Waals surface area (Å²) in [6, 6.07) is 7.01. The molecular weight excluding hydrogens is 312 g/mol. The van der Waals surface area contributed by atoms with E-state index in [0.29, 0.717) is 18.5 Å². The number of methoxy groups -OCH3 is 1. The molecule has 1 aromatic heterocycles. The van der Waals surface area contributed by atoms with Gasteiger partial charge in [0.15, 0.2) is 0 Å². The van der Waals surface area contributed by atoms with Gasteiger partial charge in [-0.15, -0.1) is 5.10 Å². The van der Waals surface area contributed by atoms with Crippen molar-refractivity contribution in [3.05, 3.63) is 42.2 Å². The first-order chi connectivity index (χ1) is 11.6. The Balaban J connectivity index is 1.80. The molecule has 126 valence electrons. The normalized spacial score (nSPS) is 20.3. The van der Waals surface area contributed by atoms with Gasteiger partial charge < -0.3 is 14.7 Å². The molecule has 2 aromatic rings. The molecule has 2 heterocycles. The van der Waals surface area contributed by atoms with E-state index in [9.17, 15) is 14.7 Å². The van der Waals surface area contributed by atoms with E-state index in [4.69, 9.17) is 4.74 Å². The number of nitrogens with zero attached hydrogens (tertiary/aromatic N) is 4. The summed E-state index contributed by atoms with van der Waals surface area (Å²) in [5.74, 6) is -1.13. The van der Waals surface area contributed by atoms with Crippen molar-refractivity contribution in [1.29, 1.82) is 0 Å². The summed E-state index contributed by atoms with van der Waals surface area (Å²) < 4.78 is 6.62. The number of aromatic nitrogens is 3. The summed E-state index contributed by atoms with van der Waals surface area (Å²) in [4.78, 5) is 25.9. The molecule has 0 spiro atoms. The fourth-order valence-electron chi connectivity index (χ4n) is 2.99. The average Bonchev–Trinajstić information content (AvgIpc) is 3.25. The minimum Gasteiger partial charge on any atom is -0.481 e. The fraction of sp³-hybridized carbons (Fsp3) is 0.375. The Bertz CT molecular complexity index is 746. The molecule has 1 fully saturated rings. The van der Waals surface area contributed by atoms with Crippen molar-refractivity contribution in [2.24, 2.45) is 5.41 Å². The number of amides is 1. The lowest BCUT2D eigenvalue weighted by Gasteiger charge is -2.23. The Morgan fingerprint density at radius 1 is 1.42 bits per heavy atom. The van der Waals surface area contributed by atoms with Gasteiger partial charge >= 0.3 is 5.97 Å². The molecule has 1 aromatic carbocycles. The van der Waals surface area contributed by atoms with Gasteiger partial charge in [0.1, 0.15) is 5.41 Å². The summed E-state index contributed by atoms with van der Waals surface area (Å²) >= 11 is 0. The fourth-order valence-corrected chi connectivity index (χ4v) is 2.99. The number of hydrogen-bond donors (Lipinski definition) is 1. The SMILES string of the molecule is COCC1(C(=O)O)CCN(C(=O)c2cccc(-n3ccnn3)c2)C1. The van der Waals surface area contributed by atoms with Gasteiger partial charge in [-0.2, -0.15) is 0 Å². The van der Waals surface area contributed by atoms with Gasteiger partial charge in [0.25, 0.3) is 5.91 Å². The molecule has 1 N–H and O–H groups in total. The van der Waals surface area contributed by atoms with Crippen LogP contribution in [0.5, 0.6) is 0 Å². The number of carboxylic acid groups (broad SMARTS) is 1. The molecule has 0 radical (unpaired) electrons. The van der Waals surface area contributed by atoms with Crippen LogP contribution in [0.3, 0.4) is 0 Å². The van der Waals surface area contributed by atoms with E-state index in [0.717, 1.165) is 5.69 Å². The standard InChI is InChI=1S/C16H18N4O4/c1-24-11-16(15(22)23)5-7-19(10-16)14(21)12-3-2-4-13(9-12)20-8-6-17-18-20/h2-4,6,8-9H,5,7,10-11H2,1H3,(H,22,23). The maximum absolute atomic E-state index is 12.7. The molecule has 1 aliphatic rings. The van der Waals surface area contributed by atoms with Crippen LogP contribution in [-0.2, 0) is 9.53 Å². The number of likely N-dealkylation sites (tertiary alicyclic amines) is 1. The molecule has 1 atom stereocenters. The minimum atomic E-state index is -1.03. The summed E-state index contributed by atoms with van der Waals surface area (Å²) in [7, 11) is 1.47. The summed E-state index contributed by atoms with van der Waals surface area (Å²) in [6.07, 6.45) is 3.62. The van der Waals surface area contributed by atoms with Crippen molar-refractivity contribution in [2.75, 3.05) is 26.8 Å². The van der Waals surface area contributed by atoms with Crippen LogP contribution in [0.2, 0.25) is 0 Å². The molecule has 0 aliphatic carbocycles. The second kappa shape index (κ2) is 6.40. The maximum Gasteiger partial charge on any atom is 0.313 e. The van der Waals surface area contributed by atoms with E-state index >= 15 is 0 Å². The molecule has 0 bridgehead atoms. The third kappa shape index (κ3) is 2.88. The van der Waals surface area contributed by atoms with Gasteiger partial charge in [-0.1, -0.05) is 11.3 Å². The molecule has 1 aliphatic heterocycles. The Hall–Kier alpha value is -2.74. The molecule has 1 unspecified atom stereocenters. The van der Waals surface area contributed by atoms with Crippen LogP contribution >= 0.6 is 0 Å². The van der Waals surface area contributed by atoms with E-state index in [1.807, 2.05) is 6.07 Å². The number of aliphatic carboxylic acids is 1. The highest BCUT2D eigenvalue weighted by Crippen LogP contribution is 2.32. The first kappa shape index (κ1) is 16.1. The van der Waals surface area contributed by atoms with Crippen LogP contribution in [0.25, 0.3) is 5.69 Å². The van der Waals surface area contributed by atoms with E-state index in [2.05, 4.69) is 10.3 Å². The molecule has 1 saturated heterocycles. The van der Waals surface area contributed by atoms with E-state index < -0.39 is 11.4 Å². The van der Waals surface area contributed by atoms with Gasteiger partial charge in [-0.05, 0) is 24.6 Å². The molecule has 8 nitrogen and oxygen atoms in total. The van der Waals surface area contributed by atoms with E-state index in [1.165, 1.54) is 7.11 Å². The highest BCUT2D eigenvalue weighted by atomic mass is 16.5. The van der Waals surface area contributed by atoms with Crippen molar-refractivity contribution >= 4 is 11.9 Å². The van der Waals surface area contributed by atoms with Crippen LogP contribution in [0, 0.1) is 5.41 Å². The maximum atomic E-state index is 12.7.